The van der Waals surface area contributed by atoms with Crippen molar-refractivity contribution in [3.8, 4) is 0 Å². The lowest BCUT2D eigenvalue weighted by Crippen LogP contribution is -2.21. The molecule has 2 heterocycles. The molecule has 4 nitrogen and oxygen atoms in total. The Balaban J connectivity index is 2.04. The first-order valence-electron chi connectivity index (χ1n) is 6.20. The minimum absolute atomic E-state index is 0.00277. The van der Waals surface area contributed by atoms with Crippen molar-refractivity contribution >= 4 is 15.7 Å². The molecule has 1 aliphatic heterocycles. The van der Waals surface area contributed by atoms with Crippen LogP contribution in [0.25, 0.3) is 0 Å². The van der Waals surface area contributed by atoms with Gasteiger partial charge in [-0.3, -0.25) is 0 Å². The van der Waals surface area contributed by atoms with Gasteiger partial charge in [0.05, 0.1) is 11.5 Å². The molecule has 1 saturated heterocycles. The van der Waals surface area contributed by atoms with Crippen LogP contribution < -0.4 is 5.32 Å². The second-order valence-electron chi connectivity index (χ2n) is 5.93. The van der Waals surface area contributed by atoms with E-state index in [1.165, 1.54) is 5.56 Å². The fraction of sp³-hybridized carbons (Fsp3) is 0.615. The van der Waals surface area contributed by atoms with Crippen molar-refractivity contribution in [1.29, 1.82) is 0 Å². The Kier molecular flexibility index (Phi) is 3.36. The second kappa shape index (κ2) is 4.53. The normalized spacial score (nSPS) is 22.9. The SMILES string of the molecule is CC(C)(C)c1ccc(NC2CCS(=O)(=O)C2)nc1. The van der Waals surface area contributed by atoms with E-state index < -0.39 is 9.84 Å². The number of anilines is 1. The minimum atomic E-state index is -2.84. The van der Waals surface area contributed by atoms with Gasteiger partial charge in [-0.05, 0) is 23.5 Å². The summed E-state index contributed by atoms with van der Waals surface area (Å²) < 4.78 is 22.7. The summed E-state index contributed by atoms with van der Waals surface area (Å²) in [5.74, 6) is 1.26. The van der Waals surface area contributed by atoms with E-state index in [-0.39, 0.29) is 23.0 Å². The largest absolute Gasteiger partial charge is 0.366 e. The molecule has 0 aromatic carbocycles. The fourth-order valence-corrected chi connectivity index (χ4v) is 3.71. The zero-order chi connectivity index (χ0) is 13.4. The average Bonchev–Trinajstić information content (AvgIpc) is 2.57. The molecular weight excluding hydrogens is 248 g/mol. The van der Waals surface area contributed by atoms with Gasteiger partial charge in [0, 0.05) is 12.2 Å². The molecule has 1 aliphatic rings. The number of sulfone groups is 1. The summed E-state index contributed by atoms with van der Waals surface area (Å²) in [4.78, 5) is 4.35. The molecule has 1 aromatic rings. The van der Waals surface area contributed by atoms with Crippen LogP contribution in [-0.2, 0) is 15.3 Å². The Morgan fingerprint density at radius 3 is 2.50 bits per heavy atom. The van der Waals surface area contributed by atoms with E-state index in [0.29, 0.717) is 6.42 Å². The van der Waals surface area contributed by atoms with E-state index in [1.807, 2.05) is 18.3 Å². The van der Waals surface area contributed by atoms with Crippen molar-refractivity contribution < 1.29 is 8.42 Å². The monoisotopic (exact) mass is 268 g/mol. The van der Waals surface area contributed by atoms with Crippen LogP contribution in [0.3, 0.4) is 0 Å². The first kappa shape index (κ1) is 13.3. The lowest BCUT2D eigenvalue weighted by atomic mass is 9.88. The Morgan fingerprint density at radius 1 is 1.33 bits per heavy atom. The Hall–Kier alpha value is -1.10. The van der Waals surface area contributed by atoms with Crippen molar-refractivity contribution in [1.82, 2.24) is 4.98 Å². The molecule has 0 spiro atoms. The zero-order valence-electron chi connectivity index (χ0n) is 11.1. The van der Waals surface area contributed by atoms with Crippen LogP contribution >= 0.6 is 0 Å². The number of aromatic nitrogens is 1. The van der Waals surface area contributed by atoms with Crippen LogP contribution in [0.4, 0.5) is 5.82 Å². The van der Waals surface area contributed by atoms with Crippen LogP contribution in [0.15, 0.2) is 18.3 Å². The van der Waals surface area contributed by atoms with Gasteiger partial charge in [-0.15, -0.1) is 0 Å². The molecule has 18 heavy (non-hydrogen) atoms. The van der Waals surface area contributed by atoms with Gasteiger partial charge in [-0.1, -0.05) is 26.8 Å². The molecule has 5 heteroatoms. The Morgan fingerprint density at radius 2 is 2.06 bits per heavy atom. The maximum Gasteiger partial charge on any atom is 0.152 e. The molecule has 0 saturated carbocycles. The topological polar surface area (TPSA) is 59.1 Å². The van der Waals surface area contributed by atoms with Crippen molar-refractivity contribution in [2.75, 3.05) is 16.8 Å². The highest BCUT2D eigenvalue weighted by atomic mass is 32.2. The number of nitrogens with zero attached hydrogens (tertiary/aromatic N) is 1. The van der Waals surface area contributed by atoms with Gasteiger partial charge in [0.1, 0.15) is 5.82 Å². The molecule has 0 aliphatic carbocycles. The predicted octanol–water partition coefficient (Wildman–Crippen LogP) is 1.98. The van der Waals surface area contributed by atoms with E-state index >= 15 is 0 Å². The standard InChI is InChI=1S/C13H20N2O2S/c1-13(2,3)10-4-5-12(14-8-10)15-11-6-7-18(16,17)9-11/h4-5,8,11H,6-7,9H2,1-3H3,(H,14,15). The molecule has 1 aromatic heterocycles. The second-order valence-corrected chi connectivity index (χ2v) is 8.16. The van der Waals surface area contributed by atoms with E-state index in [2.05, 4.69) is 31.1 Å². The molecule has 1 atom stereocenters. The van der Waals surface area contributed by atoms with Gasteiger partial charge in [0.25, 0.3) is 0 Å². The van der Waals surface area contributed by atoms with E-state index in [0.717, 1.165) is 5.82 Å². The number of hydrogen-bond donors (Lipinski definition) is 1. The van der Waals surface area contributed by atoms with E-state index in [1.54, 1.807) is 0 Å². The van der Waals surface area contributed by atoms with Crippen LogP contribution in [0.1, 0.15) is 32.8 Å². The number of pyridine rings is 1. The average molecular weight is 268 g/mol. The predicted molar refractivity (Wildman–Crippen MR) is 73.6 cm³/mol. The van der Waals surface area contributed by atoms with E-state index in [9.17, 15) is 8.42 Å². The Labute approximate surface area is 109 Å². The summed E-state index contributed by atoms with van der Waals surface area (Å²) in [6, 6.07) is 3.97. The molecule has 2 rings (SSSR count). The summed E-state index contributed by atoms with van der Waals surface area (Å²) in [5, 5.41) is 3.18. The first-order valence-corrected chi connectivity index (χ1v) is 8.02. The fourth-order valence-electron chi connectivity index (χ4n) is 2.04. The minimum Gasteiger partial charge on any atom is -0.366 e. The van der Waals surface area contributed by atoms with Crippen LogP contribution in [0.2, 0.25) is 0 Å². The maximum absolute atomic E-state index is 11.4. The third-order valence-electron chi connectivity index (χ3n) is 3.21. The van der Waals surface area contributed by atoms with Gasteiger partial charge in [-0.2, -0.15) is 0 Å². The third kappa shape index (κ3) is 3.22. The summed E-state index contributed by atoms with van der Waals surface area (Å²) in [6.07, 6.45) is 2.52. The quantitative estimate of drug-likeness (QED) is 0.891. The Bertz CT molecular complexity index is 515. The summed E-state index contributed by atoms with van der Waals surface area (Å²) in [5.41, 5.74) is 1.26. The highest BCUT2D eigenvalue weighted by Crippen LogP contribution is 2.23. The smallest absolute Gasteiger partial charge is 0.152 e. The maximum atomic E-state index is 11.4. The van der Waals surface area contributed by atoms with Gasteiger partial charge >= 0.3 is 0 Å². The molecule has 1 N–H and O–H groups in total. The number of hydrogen-bond acceptors (Lipinski definition) is 4. The molecule has 0 amide bonds. The number of nitrogens with one attached hydrogen (secondary N) is 1. The van der Waals surface area contributed by atoms with Crippen LogP contribution in [-0.4, -0.2) is 30.9 Å². The van der Waals surface area contributed by atoms with Crippen molar-refractivity contribution in [3.63, 3.8) is 0 Å². The molecular formula is C13H20N2O2S. The molecule has 1 fully saturated rings. The number of rotatable bonds is 2. The van der Waals surface area contributed by atoms with Crippen molar-refractivity contribution in [2.45, 2.75) is 38.6 Å². The first-order chi connectivity index (χ1) is 8.26. The molecule has 0 bridgehead atoms. The molecule has 0 radical (unpaired) electrons. The lowest BCUT2D eigenvalue weighted by molar-refractivity contribution is 0.587. The van der Waals surface area contributed by atoms with Crippen LogP contribution in [0, 0.1) is 0 Å². The zero-order valence-corrected chi connectivity index (χ0v) is 11.9. The van der Waals surface area contributed by atoms with Crippen LogP contribution in [0.5, 0.6) is 0 Å². The summed E-state index contributed by atoms with van der Waals surface area (Å²) in [6.45, 7) is 6.42. The van der Waals surface area contributed by atoms with Gasteiger partial charge in [0.15, 0.2) is 9.84 Å². The van der Waals surface area contributed by atoms with Crippen molar-refractivity contribution in [2.24, 2.45) is 0 Å². The highest BCUT2D eigenvalue weighted by Gasteiger charge is 2.27. The van der Waals surface area contributed by atoms with Crippen molar-refractivity contribution in [3.05, 3.63) is 23.9 Å². The molecule has 1 unspecified atom stereocenters. The third-order valence-corrected chi connectivity index (χ3v) is 4.98. The van der Waals surface area contributed by atoms with E-state index in [4.69, 9.17) is 0 Å². The summed E-state index contributed by atoms with van der Waals surface area (Å²) in [7, 11) is -2.84. The highest BCUT2D eigenvalue weighted by molar-refractivity contribution is 7.91. The van der Waals surface area contributed by atoms with Gasteiger partial charge in [0.2, 0.25) is 0 Å². The lowest BCUT2D eigenvalue weighted by Gasteiger charge is -2.19. The summed E-state index contributed by atoms with van der Waals surface area (Å²) >= 11 is 0. The van der Waals surface area contributed by atoms with Gasteiger partial charge in [-0.25, -0.2) is 13.4 Å². The molecule has 100 valence electrons. The van der Waals surface area contributed by atoms with Gasteiger partial charge < -0.3 is 5.32 Å².